The van der Waals surface area contributed by atoms with E-state index >= 15 is 0 Å². The molecule has 0 saturated heterocycles. The number of rotatable bonds is 2. The van der Waals surface area contributed by atoms with E-state index in [1.807, 2.05) is 19.1 Å². The molecule has 2 heterocycles. The summed E-state index contributed by atoms with van der Waals surface area (Å²) in [4.78, 5) is 13.6. The van der Waals surface area contributed by atoms with Crippen LogP contribution in [-0.4, -0.2) is 6.73 Å². The second-order valence-corrected chi connectivity index (χ2v) is 7.90. The lowest BCUT2D eigenvalue weighted by molar-refractivity contribution is -0.945. The molecule has 1 aromatic heterocycles. The van der Waals surface area contributed by atoms with Crippen molar-refractivity contribution >= 4 is 11.0 Å². The van der Waals surface area contributed by atoms with Gasteiger partial charge in [-0.05, 0) is 50.3 Å². The molecule has 0 radical (unpaired) electrons. The summed E-state index contributed by atoms with van der Waals surface area (Å²) in [6.45, 7) is 3.75. The van der Waals surface area contributed by atoms with E-state index in [1.165, 1.54) is 6.07 Å². The van der Waals surface area contributed by atoms with Crippen molar-refractivity contribution in [3.05, 3.63) is 74.4 Å². The molecule has 1 aliphatic heterocycles. The topological polar surface area (TPSA) is 43.9 Å². The van der Waals surface area contributed by atoms with Crippen molar-refractivity contribution in [3.63, 3.8) is 0 Å². The van der Waals surface area contributed by atoms with Gasteiger partial charge in [-0.1, -0.05) is 18.2 Å². The van der Waals surface area contributed by atoms with Gasteiger partial charge in [-0.2, -0.15) is 0 Å². The Labute approximate surface area is 162 Å². The molecule has 144 valence electrons. The molecule has 28 heavy (non-hydrogen) atoms. The minimum Gasteiger partial charge on any atom is -0.444 e. The second kappa shape index (κ2) is 6.74. The van der Waals surface area contributed by atoms with Gasteiger partial charge < -0.3 is 9.15 Å². The Morgan fingerprint density at radius 3 is 2.75 bits per heavy atom. The van der Waals surface area contributed by atoms with Crippen LogP contribution in [0, 0.1) is 12.7 Å². The van der Waals surface area contributed by atoms with Crippen LogP contribution in [0.25, 0.3) is 11.0 Å². The lowest BCUT2D eigenvalue weighted by atomic mass is 9.89. The average molecular weight is 380 g/mol. The Morgan fingerprint density at radius 2 is 1.93 bits per heavy atom. The molecule has 3 aromatic rings. The van der Waals surface area contributed by atoms with Gasteiger partial charge >= 0.3 is 5.63 Å². The van der Waals surface area contributed by atoms with Crippen molar-refractivity contribution in [2.24, 2.45) is 0 Å². The maximum atomic E-state index is 14.0. The Balaban J connectivity index is 1.56. The average Bonchev–Trinajstić information content (AvgIpc) is 2.71. The Hall–Kier alpha value is -2.66. The van der Waals surface area contributed by atoms with Crippen LogP contribution in [-0.2, 0) is 25.9 Å². The van der Waals surface area contributed by atoms with Crippen molar-refractivity contribution in [1.29, 1.82) is 0 Å². The second-order valence-electron chi connectivity index (χ2n) is 7.90. The van der Waals surface area contributed by atoms with Gasteiger partial charge in [0.2, 0.25) is 6.73 Å². The fourth-order valence-electron chi connectivity index (χ4n) is 4.64. The highest BCUT2D eigenvalue weighted by Crippen LogP contribution is 2.36. The number of benzene rings is 2. The van der Waals surface area contributed by atoms with Crippen molar-refractivity contribution in [3.8, 4) is 5.75 Å². The van der Waals surface area contributed by atoms with Gasteiger partial charge in [0.25, 0.3) is 0 Å². The van der Waals surface area contributed by atoms with Crippen LogP contribution < -0.4 is 15.3 Å². The lowest BCUT2D eigenvalue weighted by Gasteiger charge is -2.28. The highest BCUT2D eigenvalue weighted by Gasteiger charge is 2.27. The van der Waals surface area contributed by atoms with E-state index in [0.717, 1.165) is 70.5 Å². The van der Waals surface area contributed by atoms with E-state index in [9.17, 15) is 9.18 Å². The predicted octanol–water partition coefficient (Wildman–Crippen LogP) is 3.05. The van der Waals surface area contributed by atoms with Gasteiger partial charge in [0.1, 0.15) is 30.2 Å². The first-order valence-corrected chi connectivity index (χ1v) is 9.92. The lowest BCUT2D eigenvalue weighted by Crippen LogP contribution is -3.11. The smallest absolute Gasteiger partial charge is 0.339 e. The summed E-state index contributed by atoms with van der Waals surface area (Å²) in [5.74, 6) is 0.634. The third-order valence-electron chi connectivity index (χ3n) is 6.03. The molecule has 1 aliphatic carbocycles. The first kappa shape index (κ1) is 17.4. The molecule has 0 bridgehead atoms. The molecule has 0 spiro atoms. The third kappa shape index (κ3) is 2.81. The SMILES string of the molecule is Cc1c2c(cc3c4c(c(=O)oc13)CCCC4)C[NH+](Cc1ccccc1F)CO2. The Bertz CT molecular complexity index is 1130. The molecule has 1 N–H and O–H groups in total. The van der Waals surface area contributed by atoms with Crippen molar-refractivity contribution < 1.29 is 18.4 Å². The first-order chi connectivity index (χ1) is 13.6. The number of ether oxygens (including phenoxy) is 1. The normalized spacial score (nSPS) is 18.4. The van der Waals surface area contributed by atoms with Gasteiger partial charge in [0, 0.05) is 27.6 Å². The summed E-state index contributed by atoms with van der Waals surface area (Å²) in [7, 11) is 0. The van der Waals surface area contributed by atoms with Gasteiger partial charge in [-0.25, -0.2) is 9.18 Å². The van der Waals surface area contributed by atoms with Crippen LogP contribution in [0.2, 0.25) is 0 Å². The van der Waals surface area contributed by atoms with Crippen LogP contribution in [0.3, 0.4) is 0 Å². The maximum absolute atomic E-state index is 14.0. The zero-order chi connectivity index (χ0) is 19.3. The molecule has 4 nitrogen and oxygen atoms in total. The van der Waals surface area contributed by atoms with Crippen LogP contribution >= 0.6 is 0 Å². The summed E-state index contributed by atoms with van der Waals surface area (Å²) in [5, 5.41) is 1.04. The van der Waals surface area contributed by atoms with E-state index in [-0.39, 0.29) is 11.4 Å². The fraction of sp³-hybridized carbons (Fsp3) is 0.348. The summed E-state index contributed by atoms with van der Waals surface area (Å²) in [6, 6.07) is 9.03. The summed E-state index contributed by atoms with van der Waals surface area (Å²) >= 11 is 0. The number of fused-ring (bicyclic) bond motifs is 4. The van der Waals surface area contributed by atoms with Gasteiger partial charge in [-0.15, -0.1) is 0 Å². The molecule has 0 amide bonds. The monoisotopic (exact) mass is 380 g/mol. The van der Waals surface area contributed by atoms with Crippen molar-refractivity contribution in [2.75, 3.05) is 6.73 Å². The zero-order valence-electron chi connectivity index (χ0n) is 15.9. The molecule has 2 aliphatic rings. The number of quaternary nitrogens is 1. The molecular weight excluding hydrogens is 357 g/mol. The summed E-state index contributed by atoms with van der Waals surface area (Å²) < 4.78 is 25.8. The number of halogens is 1. The van der Waals surface area contributed by atoms with Crippen LogP contribution in [0.15, 0.2) is 39.5 Å². The zero-order valence-corrected chi connectivity index (χ0v) is 15.9. The van der Waals surface area contributed by atoms with E-state index in [2.05, 4.69) is 6.07 Å². The molecule has 1 unspecified atom stereocenters. The molecule has 1 atom stereocenters. The summed E-state index contributed by atoms with van der Waals surface area (Å²) in [6.07, 6.45) is 3.85. The van der Waals surface area contributed by atoms with Gasteiger partial charge in [0.05, 0.1) is 0 Å². The highest BCUT2D eigenvalue weighted by atomic mass is 19.1. The molecular formula is C23H23FNO3+. The van der Waals surface area contributed by atoms with Crippen LogP contribution in [0.1, 0.15) is 40.7 Å². The van der Waals surface area contributed by atoms with E-state index < -0.39 is 0 Å². The van der Waals surface area contributed by atoms with Crippen LogP contribution in [0.4, 0.5) is 4.39 Å². The van der Waals surface area contributed by atoms with Crippen molar-refractivity contribution in [1.82, 2.24) is 0 Å². The minimum absolute atomic E-state index is 0.175. The largest absolute Gasteiger partial charge is 0.444 e. The fourth-order valence-corrected chi connectivity index (χ4v) is 4.64. The third-order valence-corrected chi connectivity index (χ3v) is 6.03. The quantitative estimate of drug-likeness (QED) is 0.695. The molecule has 0 fully saturated rings. The molecule has 0 saturated carbocycles. The predicted molar refractivity (Wildman–Crippen MR) is 104 cm³/mol. The number of hydrogen-bond donors (Lipinski definition) is 1. The number of aryl methyl sites for hydroxylation is 2. The van der Waals surface area contributed by atoms with E-state index in [0.29, 0.717) is 24.4 Å². The van der Waals surface area contributed by atoms with Crippen molar-refractivity contribution in [2.45, 2.75) is 45.7 Å². The van der Waals surface area contributed by atoms with Crippen LogP contribution in [0.5, 0.6) is 5.75 Å². The van der Waals surface area contributed by atoms with E-state index in [1.54, 1.807) is 6.07 Å². The van der Waals surface area contributed by atoms with Gasteiger partial charge in [-0.3, -0.25) is 4.90 Å². The van der Waals surface area contributed by atoms with Gasteiger partial charge in [0.15, 0.2) is 0 Å². The Morgan fingerprint density at radius 1 is 1.14 bits per heavy atom. The highest BCUT2D eigenvalue weighted by molar-refractivity contribution is 5.87. The number of nitrogens with one attached hydrogen (secondary N) is 1. The molecule has 5 rings (SSSR count). The first-order valence-electron chi connectivity index (χ1n) is 9.92. The maximum Gasteiger partial charge on any atom is 0.339 e. The summed E-state index contributed by atoms with van der Waals surface area (Å²) in [5.41, 5.74) is 5.13. The number of hydrogen-bond acceptors (Lipinski definition) is 3. The van der Waals surface area contributed by atoms with E-state index in [4.69, 9.17) is 9.15 Å². The standard InChI is InChI=1S/C23H22FNO3/c1-14-21-16(12-25(13-27-21)11-15-6-2-5-9-20(15)24)10-19-17-7-3-4-8-18(17)23(26)28-22(14)19/h2,5-6,9-10H,3-4,7-8,11-13H2,1H3/p+1. The molecule has 5 heteroatoms. The minimum atomic E-state index is -0.201. The molecule has 2 aromatic carbocycles. The Kier molecular flexibility index (Phi) is 4.20.